The standard InChI is InChI=1S/C24H26F2N4O5/c1-14-7-19(31-4)22(26)18(21(14)25)13-32-16-9-28-23(29-10-16)30-15-5-6-20(27-8-15)33-11-17-12-34-24(2,3)35-17/h5-10,17H,11-13H2,1-4H3,(H,28,29,30)/t17-/m0/s1. The van der Waals surface area contributed by atoms with Crippen LogP contribution in [0.4, 0.5) is 20.4 Å². The van der Waals surface area contributed by atoms with Crippen LogP contribution < -0.4 is 19.5 Å². The maximum Gasteiger partial charge on any atom is 0.227 e. The number of anilines is 2. The third kappa shape index (κ3) is 6.11. The Morgan fingerprint density at radius 3 is 2.49 bits per heavy atom. The van der Waals surface area contributed by atoms with Crippen LogP contribution >= 0.6 is 0 Å². The van der Waals surface area contributed by atoms with E-state index in [9.17, 15) is 8.78 Å². The molecule has 4 rings (SSSR count). The van der Waals surface area contributed by atoms with Crippen LogP contribution in [0.2, 0.25) is 0 Å². The maximum absolute atomic E-state index is 14.4. The van der Waals surface area contributed by atoms with Gasteiger partial charge in [0.25, 0.3) is 0 Å². The second kappa shape index (κ2) is 10.4. The molecule has 0 amide bonds. The summed E-state index contributed by atoms with van der Waals surface area (Å²) in [6.45, 7) is 5.69. The molecule has 1 saturated heterocycles. The lowest BCUT2D eigenvalue weighted by molar-refractivity contribution is -0.141. The Balaban J connectivity index is 1.30. The Morgan fingerprint density at radius 1 is 1.09 bits per heavy atom. The van der Waals surface area contributed by atoms with Crippen molar-refractivity contribution in [3.05, 3.63) is 59.6 Å². The number of aryl methyl sites for hydroxylation is 1. The number of ether oxygens (including phenoxy) is 5. The molecule has 3 aromatic rings. The van der Waals surface area contributed by atoms with Gasteiger partial charge in [-0.2, -0.15) is 0 Å². The summed E-state index contributed by atoms with van der Waals surface area (Å²) in [4.78, 5) is 12.6. The third-order valence-electron chi connectivity index (χ3n) is 5.15. The van der Waals surface area contributed by atoms with Crippen LogP contribution in [0.3, 0.4) is 0 Å². The molecule has 0 radical (unpaired) electrons. The van der Waals surface area contributed by atoms with E-state index < -0.39 is 17.4 Å². The molecular formula is C24H26F2N4O5. The highest BCUT2D eigenvalue weighted by Crippen LogP contribution is 2.27. The molecule has 0 bridgehead atoms. The minimum atomic E-state index is -0.803. The van der Waals surface area contributed by atoms with Gasteiger partial charge in [-0.1, -0.05) is 0 Å². The maximum atomic E-state index is 14.4. The number of halogens is 2. The molecule has 0 spiro atoms. The van der Waals surface area contributed by atoms with Gasteiger partial charge in [-0.25, -0.2) is 23.7 Å². The highest BCUT2D eigenvalue weighted by atomic mass is 19.1. The van der Waals surface area contributed by atoms with Crippen LogP contribution in [0.25, 0.3) is 0 Å². The number of nitrogens with zero attached hydrogens (tertiary/aromatic N) is 3. The molecule has 2 aromatic heterocycles. The van der Waals surface area contributed by atoms with Crippen LogP contribution in [-0.2, 0) is 16.1 Å². The van der Waals surface area contributed by atoms with Crippen LogP contribution in [0.5, 0.6) is 17.4 Å². The summed E-state index contributed by atoms with van der Waals surface area (Å²) in [7, 11) is 1.32. The predicted molar refractivity (Wildman–Crippen MR) is 122 cm³/mol. The SMILES string of the molecule is COc1cc(C)c(F)c(COc2cnc(Nc3ccc(OC[C@H]4COC(C)(C)O4)nc3)nc2)c1F. The molecule has 3 heterocycles. The van der Waals surface area contributed by atoms with Gasteiger partial charge in [0.15, 0.2) is 23.1 Å². The topological polar surface area (TPSA) is 96.9 Å². The molecule has 11 heteroatoms. The van der Waals surface area contributed by atoms with E-state index in [2.05, 4.69) is 20.3 Å². The number of benzene rings is 1. The highest BCUT2D eigenvalue weighted by Gasteiger charge is 2.33. The van der Waals surface area contributed by atoms with E-state index in [0.29, 0.717) is 30.7 Å². The summed E-state index contributed by atoms with van der Waals surface area (Å²) in [5, 5.41) is 3.00. The van der Waals surface area contributed by atoms with Crippen LogP contribution in [0.1, 0.15) is 25.0 Å². The molecule has 1 N–H and O–H groups in total. The average Bonchev–Trinajstić information content (AvgIpc) is 3.20. The van der Waals surface area contributed by atoms with E-state index in [1.807, 2.05) is 13.8 Å². The van der Waals surface area contributed by atoms with E-state index in [4.69, 9.17) is 23.7 Å². The van der Waals surface area contributed by atoms with Crippen LogP contribution in [-0.4, -0.2) is 47.2 Å². The normalized spacial score (nSPS) is 16.7. The minimum absolute atomic E-state index is 0.0480. The fourth-order valence-electron chi connectivity index (χ4n) is 3.38. The number of pyridine rings is 1. The molecule has 9 nitrogen and oxygen atoms in total. The zero-order valence-corrected chi connectivity index (χ0v) is 19.8. The van der Waals surface area contributed by atoms with Gasteiger partial charge in [-0.15, -0.1) is 0 Å². The lowest BCUT2D eigenvalue weighted by Gasteiger charge is -2.17. The molecule has 1 aromatic carbocycles. The minimum Gasteiger partial charge on any atom is -0.494 e. The van der Waals surface area contributed by atoms with Crippen LogP contribution in [0.15, 0.2) is 36.8 Å². The molecule has 186 valence electrons. The predicted octanol–water partition coefficient (Wildman–Crippen LogP) is 4.32. The van der Waals surface area contributed by atoms with E-state index >= 15 is 0 Å². The highest BCUT2D eigenvalue weighted by molar-refractivity contribution is 5.52. The van der Waals surface area contributed by atoms with Gasteiger partial charge < -0.3 is 29.0 Å². The van der Waals surface area contributed by atoms with Gasteiger partial charge in [-0.05, 0) is 38.5 Å². The van der Waals surface area contributed by atoms with Crippen LogP contribution in [0, 0.1) is 18.6 Å². The molecule has 0 aliphatic carbocycles. The summed E-state index contributed by atoms with van der Waals surface area (Å²) in [6.07, 6.45) is 4.22. The van der Waals surface area contributed by atoms with Crippen molar-refractivity contribution in [1.29, 1.82) is 0 Å². The van der Waals surface area contributed by atoms with Gasteiger partial charge in [-0.3, -0.25) is 0 Å². The summed E-state index contributed by atoms with van der Waals surface area (Å²) in [5.41, 5.74) is 0.671. The van der Waals surface area contributed by atoms with Crippen molar-refractivity contribution in [2.75, 3.05) is 25.6 Å². The lowest BCUT2D eigenvalue weighted by atomic mass is 10.1. The molecule has 1 aliphatic rings. The van der Waals surface area contributed by atoms with Crippen molar-refractivity contribution in [2.24, 2.45) is 0 Å². The first-order valence-corrected chi connectivity index (χ1v) is 10.9. The number of methoxy groups -OCH3 is 1. The number of nitrogens with one attached hydrogen (secondary N) is 1. The molecule has 1 atom stereocenters. The van der Waals surface area contributed by atoms with Crippen molar-refractivity contribution in [2.45, 2.75) is 39.3 Å². The quantitative estimate of drug-likeness (QED) is 0.472. The summed E-state index contributed by atoms with van der Waals surface area (Å²) in [5.74, 6) is -1.15. The third-order valence-corrected chi connectivity index (χ3v) is 5.15. The molecule has 1 fully saturated rings. The Kier molecular flexibility index (Phi) is 7.27. The fourth-order valence-corrected chi connectivity index (χ4v) is 3.38. The summed E-state index contributed by atoms with van der Waals surface area (Å²) >= 11 is 0. The van der Waals surface area contributed by atoms with Gasteiger partial charge in [0.05, 0.1) is 43.6 Å². The Bertz CT molecular complexity index is 1160. The van der Waals surface area contributed by atoms with Crippen molar-refractivity contribution < 1.29 is 32.5 Å². The Morgan fingerprint density at radius 2 is 1.86 bits per heavy atom. The largest absolute Gasteiger partial charge is 0.494 e. The number of hydrogen-bond acceptors (Lipinski definition) is 9. The van der Waals surface area contributed by atoms with E-state index in [1.54, 1.807) is 18.3 Å². The first-order valence-electron chi connectivity index (χ1n) is 10.9. The lowest BCUT2D eigenvalue weighted by Crippen LogP contribution is -2.25. The first-order chi connectivity index (χ1) is 16.7. The summed E-state index contributed by atoms with van der Waals surface area (Å²) in [6, 6.07) is 4.77. The number of aromatic nitrogens is 3. The second-order valence-electron chi connectivity index (χ2n) is 8.31. The van der Waals surface area contributed by atoms with Gasteiger partial charge >= 0.3 is 0 Å². The smallest absolute Gasteiger partial charge is 0.227 e. The molecule has 0 unspecified atom stereocenters. The fraction of sp³-hybridized carbons (Fsp3) is 0.375. The Labute approximate surface area is 201 Å². The van der Waals surface area contributed by atoms with Gasteiger partial charge in [0.2, 0.25) is 11.8 Å². The van der Waals surface area contributed by atoms with Crippen molar-refractivity contribution in [3.8, 4) is 17.4 Å². The number of rotatable bonds is 9. The monoisotopic (exact) mass is 488 g/mol. The van der Waals surface area contributed by atoms with E-state index in [1.165, 1.54) is 32.5 Å². The first kappa shape index (κ1) is 24.6. The molecule has 1 aliphatic heterocycles. The molecular weight excluding hydrogens is 462 g/mol. The van der Waals surface area contributed by atoms with Gasteiger partial charge in [0, 0.05) is 6.07 Å². The second-order valence-corrected chi connectivity index (χ2v) is 8.31. The van der Waals surface area contributed by atoms with E-state index in [-0.39, 0.29) is 35.3 Å². The van der Waals surface area contributed by atoms with E-state index in [0.717, 1.165) is 0 Å². The van der Waals surface area contributed by atoms with Crippen molar-refractivity contribution >= 4 is 11.6 Å². The number of hydrogen-bond donors (Lipinski definition) is 1. The zero-order chi connectivity index (χ0) is 25.0. The molecule has 35 heavy (non-hydrogen) atoms. The van der Waals surface area contributed by atoms with Gasteiger partial charge in [0.1, 0.15) is 25.1 Å². The molecule has 0 saturated carbocycles. The van der Waals surface area contributed by atoms with Crippen molar-refractivity contribution in [1.82, 2.24) is 15.0 Å². The Hall–Kier alpha value is -3.57. The van der Waals surface area contributed by atoms with Crippen molar-refractivity contribution in [3.63, 3.8) is 0 Å². The average molecular weight is 488 g/mol. The summed E-state index contributed by atoms with van der Waals surface area (Å²) < 4.78 is 56.0. The zero-order valence-electron chi connectivity index (χ0n) is 19.8.